The van der Waals surface area contributed by atoms with Crippen molar-refractivity contribution in [2.24, 2.45) is 0 Å². The number of para-hydroxylation sites is 1. The van der Waals surface area contributed by atoms with Gasteiger partial charge in [0, 0.05) is 17.8 Å². The van der Waals surface area contributed by atoms with E-state index in [1.807, 2.05) is 74.5 Å². The summed E-state index contributed by atoms with van der Waals surface area (Å²) in [5.74, 6) is 1.18. The number of likely N-dealkylation sites (N-methyl/N-ethyl adjacent to an activating group) is 1. The zero-order valence-corrected chi connectivity index (χ0v) is 13.9. The first kappa shape index (κ1) is 16.0. The molecular weight excluding hydrogens is 300 g/mol. The smallest absolute Gasteiger partial charge is 0.234 e. The van der Waals surface area contributed by atoms with Crippen molar-refractivity contribution in [3.8, 4) is 11.5 Å². The van der Waals surface area contributed by atoms with Gasteiger partial charge in [0.1, 0.15) is 5.76 Å². The number of nitrogens with zero attached hydrogens (tertiary/aromatic N) is 2. The average Bonchev–Trinajstić information content (AvgIpc) is 2.98. The van der Waals surface area contributed by atoms with E-state index in [1.165, 1.54) is 0 Å². The molecular formula is C20H20N2O2. The third kappa shape index (κ3) is 3.38. The maximum Gasteiger partial charge on any atom is 0.234 e. The number of carbonyl (C=O) groups excluding carboxylic acids is 1. The van der Waals surface area contributed by atoms with E-state index in [-0.39, 0.29) is 12.3 Å². The summed E-state index contributed by atoms with van der Waals surface area (Å²) < 4.78 is 5.84. The SMILES string of the molecule is CCN(C(=O)Cc1oc(-c2ccccc2)nc1C)c1ccccc1. The van der Waals surface area contributed by atoms with Gasteiger partial charge < -0.3 is 9.32 Å². The van der Waals surface area contributed by atoms with Crippen LogP contribution >= 0.6 is 0 Å². The topological polar surface area (TPSA) is 46.3 Å². The lowest BCUT2D eigenvalue weighted by Crippen LogP contribution is -2.32. The molecule has 4 heteroatoms. The summed E-state index contributed by atoms with van der Waals surface area (Å²) in [6, 6.07) is 19.4. The average molecular weight is 320 g/mol. The van der Waals surface area contributed by atoms with Crippen molar-refractivity contribution in [3.05, 3.63) is 72.1 Å². The highest BCUT2D eigenvalue weighted by molar-refractivity contribution is 5.94. The summed E-state index contributed by atoms with van der Waals surface area (Å²) in [5.41, 5.74) is 2.56. The second kappa shape index (κ2) is 7.13. The minimum atomic E-state index is 0.00237. The molecule has 122 valence electrons. The Morgan fingerprint density at radius 3 is 2.29 bits per heavy atom. The fourth-order valence-corrected chi connectivity index (χ4v) is 2.64. The number of oxazole rings is 1. The van der Waals surface area contributed by atoms with Gasteiger partial charge in [-0.05, 0) is 38.1 Å². The van der Waals surface area contributed by atoms with E-state index in [1.54, 1.807) is 4.90 Å². The van der Waals surface area contributed by atoms with Crippen molar-refractivity contribution in [1.82, 2.24) is 4.98 Å². The van der Waals surface area contributed by atoms with E-state index in [2.05, 4.69) is 4.98 Å². The van der Waals surface area contributed by atoms with Crippen LogP contribution in [0.3, 0.4) is 0 Å². The van der Waals surface area contributed by atoms with Gasteiger partial charge in [-0.15, -0.1) is 0 Å². The normalized spacial score (nSPS) is 10.6. The lowest BCUT2D eigenvalue weighted by Gasteiger charge is -2.20. The number of benzene rings is 2. The van der Waals surface area contributed by atoms with E-state index in [9.17, 15) is 4.79 Å². The van der Waals surface area contributed by atoms with Crippen LogP contribution in [0, 0.1) is 6.92 Å². The Balaban J connectivity index is 1.81. The molecule has 24 heavy (non-hydrogen) atoms. The predicted molar refractivity (Wildman–Crippen MR) is 94.8 cm³/mol. The Morgan fingerprint density at radius 2 is 1.67 bits per heavy atom. The number of aromatic nitrogens is 1. The number of hydrogen-bond donors (Lipinski definition) is 0. The molecule has 0 N–H and O–H groups in total. The third-order valence-electron chi connectivity index (χ3n) is 3.91. The summed E-state index contributed by atoms with van der Waals surface area (Å²) in [6.07, 6.45) is 0.203. The Bertz CT molecular complexity index is 810. The molecule has 4 nitrogen and oxygen atoms in total. The van der Waals surface area contributed by atoms with Crippen LogP contribution in [-0.4, -0.2) is 17.4 Å². The van der Waals surface area contributed by atoms with Crippen molar-refractivity contribution in [1.29, 1.82) is 0 Å². The lowest BCUT2D eigenvalue weighted by atomic mass is 10.2. The van der Waals surface area contributed by atoms with E-state index in [0.29, 0.717) is 18.2 Å². The van der Waals surface area contributed by atoms with Crippen LogP contribution in [0.2, 0.25) is 0 Å². The van der Waals surface area contributed by atoms with Crippen LogP contribution < -0.4 is 4.90 Å². The highest BCUT2D eigenvalue weighted by Gasteiger charge is 2.19. The maximum absolute atomic E-state index is 12.7. The zero-order chi connectivity index (χ0) is 16.9. The lowest BCUT2D eigenvalue weighted by molar-refractivity contribution is -0.118. The van der Waals surface area contributed by atoms with Gasteiger partial charge in [-0.1, -0.05) is 36.4 Å². The molecule has 1 aromatic heterocycles. The quantitative estimate of drug-likeness (QED) is 0.706. The number of amides is 1. The van der Waals surface area contributed by atoms with Gasteiger partial charge in [-0.25, -0.2) is 4.98 Å². The first-order valence-corrected chi connectivity index (χ1v) is 8.06. The van der Waals surface area contributed by atoms with Crippen LogP contribution in [0.25, 0.3) is 11.5 Å². The first-order valence-electron chi connectivity index (χ1n) is 8.06. The number of aryl methyl sites for hydroxylation is 1. The van der Waals surface area contributed by atoms with Gasteiger partial charge >= 0.3 is 0 Å². The molecule has 0 saturated carbocycles. The van der Waals surface area contributed by atoms with Gasteiger partial charge in [0.15, 0.2) is 0 Å². The largest absolute Gasteiger partial charge is 0.440 e. The van der Waals surface area contributed by atoms with Crippen LogP contribution in [0.1, 0.15) is 18.4 Å². The van der Waals surface area contributed by atoms with Crippen molar-refractivity contribution in [2.75, 3.05) is 11.4 Å². The Hall–Kier alpha value is -2.88. The fraction of sp³-hybridized carbons (Fsp3) is 0.200. The van der Waals surface area contributed by atoms with E-state index in [4.69, 9.17) is 4.42 Å². The van der Waals surface area contributed by atoms with Crippen molar-refractivity contribution in [3.63, 3.8) is 0 Å². The molecule has 3 aromatic rings. The molecule has 0 aliphatic heterocycles. The minimum Gasteiger partial charge on any atom is -0.440 e. The van der Waals surface area contributed by atoms with E-state index < -0.39 is 0 Å². The number of carbonyl (C=O) groups is 1. The highest BCUT2D eigenvalue weighted by atomic mass is 16.4. The highest BCUT2D eigenvalue weighted by Crippen LogP contribution is 2.23. The number of anilines is 1. The fourth-order valence-electron chi connectivity index (χ4n) is 2.64. The molecule has 0 atom stereocenters. The maximum atomic E-state index is 12.7. The molecule has 0 aliphatic rings. The van der Waals surface area contributed by atoms with E-state index in [0.717, 1.165) is 16.9 Å². The summed E-state index contributed by atoms with van der Waals surface area (Å²) in [6.45, 7) is 4.45. The second-order valence-electron chi connectivity index (χ2n) is 5.54. The number of rotatable bonds is 5. The third-order valence-corrected chi connectivity index (χ3v) is 3.91. The Morgan fingerprint density at radius 1 is 1.04 bits per heavy atom. The van der Waals surface area contributed by atoms with Crippen LogP contribution in [0.15, 0.2) is 65.1 Å². The van der Waals surface area contributed by atoms with Crippen LogP contribution in [0.4, 0.5) is 5.69 Å². The molecule has 0 fully saturated rings. The number of hydrogen-bond acceptors (Lipinski definition) is 3. The van der Waals surface area contributed by atoms with Crippen molar-refractivity contribution < 1.29 is 9.21 Å². The van der Waals surface area contributed by atoms with Crippen molar-refractivity contribution >= 4 is 11.6 Å². The summed E-state index contributed by atoms with van der Waals surface area (Å²) in [4.78, 5) is 18.9. The molecule has 2 aromatic carbocycles. The standard InChI is InChI=1S/C20H20N2O2/c1-3-22(17-12-8-5-9-13-17)19(23)14-18-15(2)21-20(24-18)16-10-6-4-7-11-16/h4-13H,3,14H2,1-2H3. The van der Waals surface area contributed by atoms with Crippen molar-refractivity contribution in [2.45, 2.75) is 20.3 Å². The minimum absolute atomic E-state index is 0.00237. The van der Waals surface area contributed by atoms with Gasteiger partial charge in [-0.3, -0.25) is 4.79 Å². The molecule has 1 amide bonds. The summed E-state index contributed by atoms with van der Waals surface area (Å²) in [7, 11) is 0. The molecule has 0 radical (unpaired) electrons. The van der Waals surface area contributed by atoms with Crippen LogP contribution in [-0.2, 0) is 11.2 Å². The molecule has 0 saturated heterocycles. The zero-order valence-electron chi connectivity index (χ0n) is 13.9. The van der Waals surface area contributed by atoms with E-state index >= 15 is 0 Å². The Kier molecular flexibility index (Phi) is 4.75. The Labute approximate surface area is 141 Å². The summed E-state index contributed by atoms with van der Waals surface area (Å²) >= 11 is 0. The first-order chi connectivity index (χ1) is 11.7. The van der Waals surface area contributed by atoms with Gasteiger partial charge in [0.05, 0.1) is 12.1 Å². The van der Waals surface area contributed by atoms with Gasteiger partial charge in [0.2, 0.25) is 11.8 Å². The van der Waals surface area contributed by atoms with Crippen LogP contribution in [0.5, 0.6) is 0 Å². The molecule has 0 aliphatic carbocycles. The second-order valence-corrected chi connectivity index (χ2v) is 5.54. The monoisotopic (exact) mass is 320 g/mol. The molecule has 0 bridgehead atoms. The molecule has 0 unspecified atom stereocenters. The van der Waals surface area contributed by atoms with Gasteiger partial charge in [0.25, 0.3) is 0 Å². The molecule has 0 spiro atoms. The predicted octanol–water partition coefficient (Wildman–Crippen LogP) is 4.25. The van der Waals surface area contributed by atoms with Gasteiger partial charge in [-0.2, -0.15) is 0 Å². The summed E-state index contributed by atoms with van der Waals surface area (Å²) in [5, 5.41) is 0. The molecule has 3 rings (SSSR count). The molecule has 1 heterocycles.